The normalized spacial score (nSPS) is 16.8. The van der Waals surface area contributed by atoms with E-state index in [9.17, 15) is 18.8 Å². The Balaban J connectivity index is 1.34. The Kier molecular flexibility index (Phi) is 8.88. The lowest BCUT2D eigenvalue weighted by Crippen LogP contribution is -2.46. The van der Waals surface area contributed by atoms with Crippen molar-refractivity contribution in [3.63, 3.8) is 0 Å². The third-order valence-electron chi connectivity index (χ3n) is 8.89. The molecule has 10 nitrogen and oxygen atoms in total. The van der Waals surface area contributed by atoms with E-state index >= 15 is 0 Å². The molecule has 1 atom stereocenters. The van der Waals surface area contributed by atoms with Gasteiger partial charge in [0.25, 0.3) is 11.8 Å². The molecule has 46 heavy (non-hydrogen) atoms. The van der Waals surface area contributed by atoms with Crippen LogP contribution < -0.4 is 10.2 Å². The highest BCUT2D eigenvalue weighted by Crippen LogP contribution is 2.38. The van der Waals surface area contributed by atoms with Crippen LogP contribution in [0.25, 0.3) is 5.69 Å². The number of fused-ring (bicyclic) bond motifs is 1. The van der Waals surface area contributed by atoms with Gasteiger partial charge >= 0.3 is 0 Å². The highest BCUT2D eigenvalue weighted by Gasteiger charge is 2.39. The quantitative estimate of drug-likeness (QED) is 0.277. The molecule has 1 saturated heterocycles. The number of Topliss-reactive ketones (excluding diaryl/α,β-unsaturated/α-hetero) is 1. The lowest BCUT2D eigenvalue weighted by molar-refractivity contribution is -0.121. The molecule has 1 fully saturated rings. The molecule has 3 heterocycles. The first kappa shape index (κ1) is 31.4. The van der Waals surface area contributed by atoms with Gasteiger partial charge in [-0.05, 0) is 93.9 Å². The van der Waals surface area contributed by atoms with Crippen LogP contribution >= 0.6 is 11.6 Å². The van der Waals surface area contributed by atoms with Crippen molar-refractivity contribution < 1.29 is 18.8 Å². The number of benzene rings is 3. The summed E-state index contributed by atoms with van der Waals surface area (Å²) in [6.07, 6.45) is 3.95. The number of rotatable bonds is 7. The number of carbonyl (C=O) groups excluding carboxylic acids is 3. The van der Waals surface area contributed by atoms with Gasteiger partial charge < -0.3 is 20.0 Å². The predicted octanol–water partition coefficient (Wildman–Crippen LogP) is 5.17. The van der Waals surface area contributed by atoms with Crippen molar-refractivity contribution in [1.82, 2.24) is 24.8 Å². The van der Waals surface area contributed by atoms with Gasteiger partial charge in [-0.3, -0.25) is 14.4 Å². The summed E-state index contributed by atoms with van der Waals surface area (Å²) in [5, 5.41) is 10.9. The van der Waals surface area contributed by atoms with E-state index in [0.717, 1.165) is 47.4 Å². The van der Waals surface area contributed by atoms with Gasteiger partial charge in [0, 0.05) is 42.6 Å². The SMILES string of the molecule is CC(=O)c1ccc(NC(=O)C2c3cccc(N4CCC(N(C)C)CC4)c3CCN2C(=O)c2cn(-c3cccc(Cl)c3F)nn2)cc1. The molecular formula is C34H35ClFN7O3. The van der Waals surface area contributed by atoms with Crippen molar-refractivity contribution in [2.24, 2.45) is 0 Å². The van der Waals surface area contributed by atoms with Crippen LogP contribution in [-0.2, 0) is 11.2 Å². The summed E-state index contributed by atoms with van der Waals surface area (Å²) in [6.45, 7) is 3.53. The maximum absolute atomic E-state index is 14.7. The largest absolute Gasteiger partial charge is 0.371 e. The third kappa shape index (κ3) is 6.12. The summed E-state index contributed by atoms with van der Waals surface area (Å²) in [4.78, 5) is 46.1. The number of nitrogens with one attached hydrogen (secondary N) is 1. The molecular weight excluding hydrogens is 609 g/mol. The Morgan fingerprint density at radius 3 is 2.35 bits per heavy atom. The van der Waals surface area contributed by atoms with Crippen molar-refractivity contribution >= 4 is 40.6 Å². The van der Waals surface area contributed by atoms with Crippen LogP contribution in [0.5, 0.6) is 0 Å². The zero-order valence-electron chi connectivity index (χ0n) is 25.9. The minimum atomic E-state index is -0.976. The van der Waals surface area contributed by atoms with Crippen molar-refractivity contribution in [2.45, 2.75) is 38.3 Å². The van der Waals surface area contributed by atoms with Gasteiger partial charge in [0.15, 0.2) is 17.3 Å². The Morgan fingerprint density at radius 2 is 1.65 bits per heavy atom. The van der Waals surface area contributed by atoms with Crippen LogP contribution in [-0.4, -0.2) is 82.2 Å². The molecule has 0 saturated carbocycles. The summed E-state index contributed by atoms with van der Waals surface area (Å²) in [7, 11) is 4.22. The Labute approximate surface area is 271 Å². The number of hydrogen-bond acceptors (Lipinski definition) is 7. The number of aromatic nitrogens is 3. The average molecular weight is 644 g/mol. The minimum Gasteiger partial charge on any atom is -0.371 e. The third-order valence-corrected chi connectivity index (χ3v) is 9.18. The molecule has 2 amide bonds. The number of anilines is 2. The van der Waals surface area contributed by atoms with Gasteiger partial charge in [-0.25, -0.2) is 9.07 Å². The van der Waals surface area contributed by atoms with Crippen LogP contribution in [0.1, 0.15) is 57.8 Å². The van der Waals surface area contributed by atoms with Gasteiger partial charge in [0.2, 0.25) is 0 Å². The molecule has 238 valence electrons. The van der Waals surface area contributed by atoms with Crippen molar-refractivity contribution in [3.8, 4) is 5.69 Å². The Bertz CT molecular complexity index is 1780. The van der Waals surface area contributed by atoms with Crippen LogP contribution in [0, 0.1) is 5.82 Å². The second kappa shape index (κ2) is 13.0. The number of carbonyl (C=O) groups is 3. The van der Waals surface area contributed by atoms with E-state index in [0.29, 0.717) is 23.7 Å². The van der Waals surface area contributed by atoms with Crippen LogP contribution in [0.3, 0.4) is 0 Å². The topological polar surface area (TPSA) is 104 Å². The maximum Gasteiger partial charge on any atom is 0.277 e. The molecule has 2 aliphatic heterocycles. The zero-order valence-corrected chi connectivity index (χ0v) is 26.7. The Hall–Kier alpha value is -4.61. The fourth-order valence-electron chi connectivity index (χ4n) is 6.37. The van der Waals surface area contributed by atoms with E-state index in [1.54, 1.807) is 30.3 Å². The summed E-state index contributed by atoms with van der Waals surface area (Å²) < 4.78 is 15.9. The van der Waals surface area contributed by atoms with Crippen LogP contribution in [0.2, 0.25) is 5.02 Å². The van der Waals surface area contributed by atoms with Gasteiger partial charge in [-0.1, -0.05) is 35.0 Å². The predicted molar refractivity (Wildman–Crippen MR) is 174 cm³/mol. The van der Waals surface area contributed by atoms with Crippen LogP contribution in [0.15, 0.2) is 66.9 Å². The molecule has 0 aliphatic carbocycles. The zero-order chi connectivity index (χ0) is 32.5. The van der Waals surface area contributed by atoms with Crippen molar-refractivity contribution in [2.75, 3.05) is 43.9 Å². The van der Waals surface area contributed by atoms with Gasteiger partial charge in [-0.15, -0.1) is 5.10 Å². The molecule has 6 rings (SSSR count). The van der Waals surface area contributed by atoms with Crippen molar-refractivity contribution in [3.05, 3.63) is 100 Å². The Morgan fingerprint density at radius 1 is 0.957 bits per heavy atom. The van der Waals surface area contributed by atoms with Gasteiger partial charge in [0.1, 0.15) is 11.7 Å². The molecule has 12 heteroatoms. The fourth-order valence-corrected chi connectivity index (χ4v) is 6.54. The molecule has 1 aromatic heterocycles. The van der Waals surface area contributed by atoms with Crippen LogP contribution in [0.4, 0.5) is 15.8 Å². The fraction of sp³-hybridized carbons (Fsp3) is 0.324. The number of ketones is 1. The summed E-state index contributed by atoms with van der Waals surface area (Å²) >= 11 is 5.96. The maximum atomic E-state index is 14.7. The standard InChI is InChI=1S/C34H35ClFN7O3/c1-21(44)22-10-12-23(13-11-22)37-33(45)32-26-6-4-8-29(41-17-14-24(15-18-41)40(2)3)25(26)16-19-42(32)34(46)28-20-43(39-38-28)30-9-5-7-27(35)31(30)36/h4-13,20,24,32H,14-19H2,1-3H3,(H,37,45). The minimum absolute atomic E-state index is 0.0339. The highest BCUT2D eigenvalue weighted by atomic mass is 35.5. The summed E-state index contributed by atoms with van der Waals surface area (Å²) in [5.41, 5.74) is 3.89. The number of hydrogen-bond donors (Lipinski definition) is 1. The van der Waals surface area contributed by atoms with E-state index in [1.807, 2.05) is 12.1 Å². The van der Waals surface area contributed by atoms with Gasteiger partial charge in [0.05, 0.1) is 11.2 Å². The summed E-state index contributed by atoms with van der Waals surface area (Å²) in [6, 6.07) is 16.6. The first-order valence-electron chi connectivity index (χ1n) is 15.2. The van der Waals surface area contributed by atoms with Crippen molar-refractivity contribution in [1.29, 1.82) is 0 Å². The van der Waals surface area contributed by atoms with E-state index in [-0.39, 0.29) is 28.7 Å². The number of amides is 2. The molecule has 3 aromatic carbocycles. The van der Waals surface area contributed by atoms with E-state index < -0.39 is 23.7 Å². The molecule has 1 unspecified atom stereocenters. The van der Waals surface area contributed by atoms with E-state index in [1.165, 1.54) is 30.2 Å². The molecule has 1 N–H and O–H groups in total. The smallest absolute Gasteiger partial charge is 0.277 e. The molecule has 0 bridgehead atoms. The lowest BCUT2D eigenvalue weighted by Gasteiger charge is -2.41. The molecule has 2 aliphatic rings. The van der Waals surface area contributed by atoms with E-state index in [2.05, 4.69) is 45.6 Å². The van der Waals surface area contributed by atoms with Gasteiger partial charge in [-0.2, -0.15) is 0 Å². The summed E-state index contributed by atoms with van der Waals surface area (Å²) in [5.74, 6) is -1.68. The highest BCUT2D eigenvalue weighted by molar-refractivity contribution is 6.30. The monoisotopic (exact) mass is 643 g/mol. The first-order valence-corrected chi connectivity index (χ1v) is 15.6. The molecule has 0 spiro atoms. The average Bonchev–Trinajstić information content (AvgIpc) is 3.55. The molecule has 0 radical (unpaired) electrons. The second-order valence-corrected chi connectivity index (χ2v) is 12.3. The van der Waals surface area contributed by atoms with E-state index in [4.69, 9.17) is 11.6 Å². The molecule has 4 aromatic rings. The lowest BCUT2D eigenvalue weighted by atomic mass is 9.89. The second-order valence-electron chi connectivity index (χ2n) is 11.9. The number of piperidine rings is 1. The first-order chi connectivity index (χ1) is 22.1. The number of nitrogens with zero attached hydrogens (tertiary/aromatic N) is 6. The number of halogens is 2.